The minimum atomic E-state index is 0.00579. The number of carbonyl (C=O) groups excluding carboxylic acids is 2. The van der Waals surface area contributed by atoms with E-state index in [-0.39, 0.29) is 23.7 Å². The molecule has 2 atom stereocenters. The predicted octanol–water partition coefficient (Wildman–Crippen LogP) is -0.146. The Kier molecular flexibility index (Phi) is 1.07. The van der Waals surface area contributed by atoms with E-state index in [1.165, 1.54) is 0 Å². The van der Waals surface area contributed by atoms with Gasteiger partial charge in [-0.2, -0.15) is 0 Å². The Morgan fingerprint density at radius 2 is 2.10 bits per heavy atom. The lowest BCUT2D eigenvalue weighted by Gasteiger charge is -2.13. The molecule has 0 radical (unpaired) electrons. The number of ketones is 1. The quantitative estimate of drug-likeness (QED) is 0.507. The molecule has 0 unspecified atom stereocenters. The third kappa shape index (κ3) is 0.735. The molecule has 2 fully saturated rings. The number of fused-ring (bicyclic) bond motifs is 2. The van der Waals surface area contributed by atoms with Crippen LogP contribution < -0.4 is 5.32 Å². The van der Waals surface area contributed by atoms with Crippen LogP contribution >= 0.6 is 0 Å². The molecule has 2 aliphatic rings. The van der Waals surface area contributed by atoms with Gasteiger partial charge >= 0.3 is 0 Å². The Labute approximate surface area is 58.8 Å². The molecular formula is C7H9NO2. The van der Waals surface area contributed by atoms with E-state index in [0.717, 1.165) is 6.42 Å². The molecule has 0 aromatic rings. The van der Waals surface area contributed by atoms with Crippen molar-refractivity contribution in [2.24, 2.45) is 5.92 Å². The smallest absolute Gasteiger partial charge is 0.223 e. The van der Waals surface area contributed by atoms with Gasteiger partial charge in [-0.3, -0.25) is 9.59 Å². The second-order valence-electron chi connectivity index (χ2n) is 3.09. The Morgan fingerprint density at radius 1 is 1.30 bits per heavy atom. The van der Waals surface area contributed by atoms with Crippen LogP contribution in [0.1, 0.15) is 19.3 Å². The van der Waals surface area contributed by atoms with Crippen LogP contribution in [0.4, 0.5) is 0 Å². The molecule has 1 saturated heterocycles. The second-order valence-corrected chi connectivity index (χ2v) is 3.09. The highest BCUT2D eigenvalue weighted by Gasteiger charge is 2.38. The molecule has 10 heavy (non-hydrogen) atoms. The van der Waals surface area contributed by atoms with Gasteiger partial charge < -0.3 is 5.32 Å². The van der Waals surface area contributed by atoms with Crippen LogP contribution in [-0.2, 0) is 9.59 Å². The summed E-state index contributed by atoms with van der Waals surface area (Å²) in [7, 11) is 0. The maximum Gasteiger partial charge on any atom is 0.223 e. The van der Waals surface area contributed by atoms with Crippen LogP contribution in [0.3, 0.4) is 0 Å². The average Bonchev–Trinajstić information content (AvgIpc) is 2.07. The Hall–Kier alpha value is -0.860. The van der Waals surface area contributed by atoms with Crippen molar-refractivity contribution in [2.45, 2.75) is 25.3 Å². The van der Waals surface area contributed by atoms with E-state index in [2.05, 4.69) is 5.32 Å². The number of hydrogen-bond donors (Lipinski definition) is 1. The predicted molar refractivity (Wildman–Crippen MR) is 34.3 cm³/mol. The number of rotatable bonds is 0. The highest BCUT2D eigenvalue weighted by atomic mass is 16.2. The molecule has 0 aromatic heterocycles. The first-order chi connectivity index (χ1) is 4.75. The molecule has 3 heteroatoms. The van der Waals surface area contributed by atoms with Gasteiger partial charge in [-0.15, -0.1) is 0 Å². The highest BCUT2D eigenvalue weighted by Crippen LogP contribution is 2.27. The first kappa shape index (κ1) is 5.89. The van der Waals surface area contributed by atoms with Crippen molar-refractivity contribution in [2.75, 3.05) is 0 Å². The zero-order valence-electron chi connectivity index (χ0n) is 5.59. The summed E-state index contributed by atoms with van der Waals surface area (Å²) in [6, 6.07) is 0.166. The molecule has 1 N–H and O–H groups in total. The zero-order valence-corrected chi connectivity index (χ0v) is 5.59. The van der Waals surface area contributed by atoms with Crippen molar-refractivity contribution < 1.29 is 9.59 Å². The van der Waals surface area contributed by atoms with Crippen LogP contribution in [0.2, 0.25) is 0 Å². The maximum absolute atomic E-state index is 10.9. The number of Topliss-reactive ketones (excluding diaryl/α,β-unsaturated/α-hetero) is 1. The maximum atomic E-state index is 10.9. The highest BCUT2D eigenvalue weighted by molar-refractivity contribution is 5.92. The van der Waals surface area contributed by atoms with Crippen LogP contribution in [-0.4, -0.2) is 17.7 Å². The first-order valence-corrected chi connectivity index (χ1v) is 3.58. The lowest BCUT2D eigenvalue weighted by Crippen LogP contribution is -2.26. The standard InChI is InChI=1S/C7H9NO2/c9-6-2-4-1-5(3-6)8-7(4)10/h4-5H,1-3H2,(H,8,10)/t4-,5+/m1/s1. The molecule has 2 bridgehead atoms. The van der Waals surface area contributed by atoms with Gasteiger partial charge in [0.25, 0.3) is 0 Å². The van der Waals surface area contributed by atoms with Gasteiger partial charge in [0.15, 0.2) is 0 Å². The minimum Gasteiger partial charge on any atom is -0.353 e. The summed E-state index contributed by atoms with van der Waals surface area (Å²) < 4.78 is 0. The Morgan fingerprint density at radius 3 is 2.80 bits per heavy atom. The van der Waals surface area contributed by atoms with Crippen LogP contribution in [0.15, 0.2) is 0 Å². The lowest BCUT2D eigenvalue weighted by atomic mass is 9.89. The molecule has 54 valence electrons. The number of carbonyl (C=O) groups is 2. The molecule has 3 nitrogen and oxygen atoms in total. The summed E-state index contributed by atoms with van der Waals surface area (Å²) in [4.78, 5) is 21.8. The SMILES string of the molecule is O=C1C[C@@H]2C[C@H](C1)C(=O)N2. The zero-order chi connectivity index (χ0) is 7.14. The first-order valence-electron chi connectivity index (χ1n) is 3.58. The topological polar surface area (TPSA) is 46.2 Å². The summed E-state index contributed by atoms with van der Waals surface area (Å²) in [5, 5.41) is 2.79. The normalized spacial score (nSPS) is 38.0. The molecular weight excluding hydrogens is 130 g/mol. The third-order valence-corrected chi connectivity index (χ3v) is 2.23. The fourth-order valence-corrected chi connectivity index (χ4v) is 1.77. The monoisotopic (exact) mass is 139 g/mol. The average molecular weight is 139 g/mol. The fourth-order valence-electron chi connectivity index (χ4n) is 1.77. The van der Waals surface area contributed by atoms with Gasteiger partial charge in [0.05, 0.1) is 0 Å². The van der Waals surface area contributed by atoms with Crippen LogP contribution in [0, 0.1) is 5.92 Å². The summed E-state index contributed by atoms with van der Waals surface area (Å²) in [6.07, 6.45) is 1.91. The van der Waals surface area contributed by atoms with Crippen molar-refractivity contribution in [1.82, 2.24) is 5.32 Å². The van der Waals surface area contributed by atoms with E-state index in [4.69, 9.17) is 0 Å². The largest absolute Gasteiger partial charge is 0.353 e. The number of amides is 1. The van der Waals surface area contributed by atoms with Crippen molar-refractivity contribution in [3.05, 3.63) is 0 Å². The molecule has 1 saturated carbocycles. The van der Waals surface area contributed by atoms with E-state index in [1.54, 1.807) is 0 Å². The molecule has 0 aromatic carbocycles. The summed E-state index contributed by atoms with van der Waals surface area (Å²) in [5.41, 5.74) is 0. The van der Waals surface area contributed by atoms with Crippen LogP contribution in [0.5, 0.6) is 0 Å². The third-order valence-electron chi connectivity index (χ3n) is 2.23. The van der Waals surface area contributed by atoms with Gasteiger partial charge in [0.1, 0.15) is 5.78 Å². The minimum absolute atomic E-state index is 0.00579. The van der Waals surface area contributed by atoms with Crippen molar-refractivity contribution in [3.8, 4) is 0 Å². The number of hydrogen-bond acceptors (Lipinski definition) is 2. The van der Waals surface area contributed by atoms with E-state index in [9.17, 15) is 9.59 Å². The van der Waals surface area contributed by atoms with Gasteiger partial charge in [0, 0.05) is 24.8 Å². The van der Waals surface area contributed by atoms with E-state index >= 15 is 0 Å². The summed E-state index contributed by atoms with van der Waals surface area (Å²) >= 11 is 0. The van der Waals surface area contributed by atoms with Crippen molar-refractivity contribution in [3.63, 3.8) is 0 Å². The summed E-state index contributed by atoms with van der Waals surface area (Å²) in [6.45, 7) is 0. The van der Waals surface area contributed by atoms with E-state index < -0.39 is 0 Å². The molecule has 1 heterocycles. The van der Waals surface area contributed by atoms with Crippen LogP contribution in [0.25, 0.3) is 0 Å². The van der Waals surface area contributed by atoms with Gasteiger partial charge in [-0.1, -0.05) is 0 Å². The van der Waals surface area contributed by atoms with Gasteiger partial charge in [-0.25, -0.2) is 0 Å². The molecule has 1 amide bonds. The Bertz CT molecular complexity index is 198. The lowest BCUT2D eigenvalue weighted by molar-refractivity contribution is -0.126. The Balaban J connectivity index is 2.20. The molecule has 0 spiro atoms. The van der Waals surface area contributed by atoms with E-state index in [1.807, 2.05) is 0 Å². The molecule has 1 aliphatic carbocycles. The molecule has 1 aliphatic heterocycles. The van der Waals surface area contributed by atoms with Gasteiger partial charge in [0.2, 0.25) is 5.91 Å². The molecule has 2 rings (SSSR count). The summed E-state index contributed by atoms with van der Waals surface area (Å²) in [5.74, 6) is 0.321. The number of nitrogens with one attached hydrogen (secondary N) is 1. The fraction of sp³-hybridized carbons (Fsp3) is 0.714. The van der Waals surface area contributed by atoms with E-state index in [0.29, 0.717) is 12.8 Å². The second kappa shape index (κ2) is 1.81. The van der Waals surface area contributed by atoms with Crippen molar-refractivity contribution in [1.29, 1.82) is 0 Å². The van der Waals surface area contributed by atoms with Crippen molar-refractivity contribution >= 4 is 11.7 Å². The van der Waals surface area contributed by atoms with Gasteiger partial charge in [-0.05, 0) is 6.42 Å².